The Morgan fingerprint density at radius 3 is 2.32 bits per heavy atom. The Hall–Kier alpha value is -3.76. The van der Waals surface area contributed by atoms with E-state index in [9.17, 15) is 13.2 Å². The fourth-order valence-electron chi connectivity index (χ4n) is 3.04. The summed E-state index contributed by atoms with van der Waals surface area (Å²) in [7, 11) is -1.14. The van der Waals surface area contributed by atoms with Gasteiger partial charge in [0, 0.05) is 5.56 Å². The SMILES string of the molecule is COc1ccc(N=C2NC(=O)/C(=C/c3cccc(OC)c3OS(=O)(=O)c3ccccc3)S2)cc1. The lowest BCUT2D eigenvalue weighted by Crippen LogP contribution is -2.19. The van der Waals surface area contributed by atoms with Gasteiger partial charge in [-0.05, 0) is 60.3 Å². The zero-order valence-electron chi connectivity index (χ0n) is 18.2. The molecule has 4 rings (SSSR count). The predicted octanol–water partition coefficient (Wildman–Crippen LogP) is 4.36. The number of para-hydroxylation sites is 1. The number of carbonyl (C=O) groups is 1. The molecule has 34 heavy (non-hydrogen) atoms. The fraction of sp³-hybridized carbons (Fsp3) is 0.0833. The molecule has 1 heterocycles. The minimum absolute atomic E-state index is 0.00130. The van der Waals surface area contributed by atoms with Crippen LogP contribution in [0.2, 0.25) is 0 Å². The molecule has 1 aliphatic heterocycles. The van der Waals surface area contributed by atoms with Crippen LogP contribution in [0.4, 0.5) is 5.69 Å². The van der Waals surface area contributed by atoms with Gasteiger partial charge in [0.15, 0.2) is 16.7 Å². The average molecular weight is 497 g/mol. The smallest absolute Gasteiger partial charge is 0.339 e. The van der Waals surface area contributed by atoms with Gasteiger partial charge in [-0.2, -0.15) is 8.42 Å². The van der Waals surface area contributed by atoms with Crippen LogP contribution >= 0.6 is 11.8 Å². The van der Waals surface area contributed by atoms with Gasteiger partial charge in [0.05, 0.1) is 24.8 Å². The summed E-state index contributed by atoms with van der Waals surface area (Å²) >= 11 is 1.13. The van der Waals surface area contributed by atoms with Crippen molar-refractivity contribution < 1.29 is 26.9 Å². The van der Waals surface area contributed by atoms with E-state index in [2.05, 4.69) is 10.3 Å². The maximum absolute atomic E-state index is 12.8. The van der Waals surface area contributed by atoms with Gasteiger partial charge in [-0.25, -0.2) is 4.99 Å². The number of amidine groups is 1. The Bertz CT molecular complexity index is 1370. The predicted molar refractivity (Wildman–Crippen MR) is 131 cm³/mol. The molecule has 3 aromatic carbocycles. The van der Waals surface area contributed by atoms with Crippen molar-refractivity contribution in [3.63, 3.8) is 0 Å². The number of hydrogen-bond acceptors (Lipinski definition) is 8. The van der Waals surface area contributed by atoms with Gasteiger partial charge < -0.3 is 19.0 Å². The minimum atomic E-state index is -4.12. The Morgan fingerprint density at radius 1 is 0.912 bits per heavy atom. The third-order valence-corrected chi connectivity index (χ3v) is 6.84. The fourth-order valence-corrected chi connectivity index (χ4v) is 4.85. The summed E-state index contributed by atoms with van der Waals surface area (Å²) in [5.74, 6) is 0.528. The van der Waals surface area contributed by atoms with Gasteiger partial charge in [-0.1, -0.05) is 30.3 Å². The standard InChI is InChI=1S/C24H20N2O6S2/c1-30-18-13-11-17(12-14-18)25-24-26-23(27)21(33-24)15-16-7-6-10-20(31-2)22(16)32-34(28,29)19-8-4-3-5-9-19/h3-15H,1-2H3,(H,25,26,27)/b21-15-. The third kappa shape index (κ3) is 5.24. The summed E-state index contributed by atoms with van der Waals surface area (Å²) in [5, 5.41) is 3.10. The summed E-state index contributed by atoms with van der Waals surface area (Å²) in [6.07, 6.45) is 1.54. The molecule has 0 aliphatic carbocycles. The highest BCUT2D eigenvalue weighted by molar-refractivity contribution is 8.18. The largest absolute Gasteiger partial charge is 0.497 e. The zero-order valence-corrected chi connectivity index (χ0v) is 19.9. The molecule has 1 aliphatic rings. The van der Waals surface area contributed by atoms with Crippen molar-refractivity contribution in [2.45, 2.75) is 4.90 Å². The molecule has 0 saturated carbocycles. The Kier molecular flexibility index (Phi) is 6.90. The maximum atomic E-state index is 12.8. The second kappa shape index (κ2) is 10.0. The molecule has 10 heteroatoms. The van der Waals surface area contributed by atoms with Crippen molar-refractivity contribution in [1.82, 2.24) is 5.32 Å². The summed E-state index contributed by atoms with van der Waals surface area (Å²) in [4.78, 5) is 17.3. The minimum Gasteiger partial charge on any atom is -0.497 e. The number of aliphatic imine (C=N–C) groups is 1. The lowest BCUT2D eigenvalue weighted by molar-refractivity contribution is -0.115. The highest BCUT2D eigenvalue weighted by Crippen LogP contribution is 2.37. The van der Waals surface area contributed by atoms with Crippen molar-refractivity contribution in [1.29, 1.82) is 0 Å². The average Bonchev–Trinajstić information content (AvgIpc) is 3.19. The van der Waals surface area contributed by atoms with Crippen molar-refractivity contribution in [3.05, 3.63) is 83.3 Å². The Balaban J connectivity index is 1.65. The van der Waals surface area contributed by atoms with E-state index in [1.54, 1.807) is 67.8 Å². The first-order chi connectivity index (χ1) is 16.4. The quantitative estimate of drug-likeness (QED) is 0.383. The van der Waals surface area contributed by atoms with E-state index in [-0.39, 0.29) is 22.3 Å². The monoisotopic (exact) mass is 496 g/mol. The summed E-state index contributed by atoms with van der Waals surface area (Å²) in [6.45, 7) is 0. The van der Waals surface area contributed by atoms with Crippen LogP contribution in [0.3, 0.4) is 0 Å². The van der Waals surface area contributed by atoms with E-state index in [4.69, 9.17) is 13.7 Å². The topological polar surface area (TPSA) is 103 Å². The normalized spacial score (nSPS) is 15.9. The summed E-state index contributed by atoms with van der Waals surface area (Å²) < 4.78 is 41.5. The number of thioether (sulfide) groups is 1. The molecule has 1 amide bonds. The van der Waals surface area contributed by atoms with E-state index in [0.29, 0.717) is 27.1 Å². The second-order valence-electron chi connectivity index (χ2n) is 6.91. The zero-order chi connectivity index (χ0) is 24.1. The number of nitrogens with zero attached hydrogens (tertiary/aromatic N) is 1. The van der Waals surface area contributed by atoms with Crippen molar-refractivity contribution >= 4 is 44.7 Å². The molecule has 0 radical (unpaired) electrons. The van der Waals surface area contributed by atoms with E-state index in [1.807, 2.05) is 0 Å². The van der Waals surface area contributed by atoms with Crippen LogP contribution in [0, 0.1) is 0 Å². The molecule has 1 N–H and O–H groups in total. The highest BCUT2D eigenvalue weighted by Gasteiger charge is 2.26. The lowest BCUT2D eigenvalue weighted by Gasteiger charge is -2.13. The first kappa shape index (κ1) is 23.4. The number of amides is 1. The van der Waals surface area contributed by atoms with Gasteiger partial charge in [0.1, 0.15) is 10.6 Å². The number of hydrogen-bond donors (Lipinski definition) is 1. The molecule has 1 fully saturated rings. The first-order valence-electron chi connectivity index (χ1n) is 10.00. The number of methoxy groups -OCH3 is 2. The molecular formula is C24H20N2O6S2. The first-order valence-corrected chi connectivity index (χ1v) is 12.2. The highest BCUT2D eigenvalue weighted by atomic mass is 32.2. The van der Waals surface area contributed by atoms with Gasteiger partial charge in [0.2, 0.25) is 0 Å². The van der Waals surface area contributed by atoms with Crippen molar-refractivity contribution in [2.75, 3.05) is 14.2 Å². The van der Waals surface area contributed by atoms with Crippen LogP contribution in [0.15, 0.2) is 87.6 Å². The van der Waals surface area contributed by atoms with Crippen LogP contribution in [0.25, 0.3) is 6.08 Å². The van der Waals surface area contributed by atoms with Crippen molar-refractivity contribution in [3.8, 4) is 17.2 Å². The van der Waals surface area contributed by atoms with Crippen LogP contribution in [0.5, 0.6) is 17.2 Å². The lowest BCUT2D eigenvalue weighted by atomic mass is 10.1. The molecule has 0 aromatic heterocycles. The summed E-state index contributed by atoms with van der Waals surface area (Å²) in [6, 6.07) is 19.7. The molecule has 0 spiro atoms. The van der Waals surface area contributed by atoms with E-state index in [1.165, 1.54) is 25.3 Å². The van der Waals surface area contributed by atoms with Crippen LogP contribution < -0.4 is 19.0 Å². The molecule has 8 nitrogen and oxygen atoms in total. The Labute approximate surface area is 201 Å². The second-order valence-corrected chi connectivity index (χ2v) is 9.49. The number of nitrogens with one attached hydrogen (secondary N) is 1. The number of benzene rings is 3. The van der Waals surface area contributed by atoms with Crippen LogP contribution in [-0.2, 0) is 14.9 Å². The van der Waals surface area contributed by atoms with E-state index < -0.39 is 10.1 Å². The van der Waals surface area contributed by atoms with Crippen molar-refractivity contribution in [2.24, 2.45) is 4.99 Å². The van der Waals surface area contributed by atoms with Gasteiger partial charge in [0.25, 0.3) is 5.91 Å². The Morgan fingerprint density at radius 2 is 1.65 bits per heavy atom. The van der Waals surface area contributed by atoms with Gasteiger partial charge in [-0.15, -0.1) is 0 Å². The van der Waals surface area contributed by atoms with E-state index in [0.717, 1.165) is 11.8 Å². The molecule has 0 unspecified atom stereocenters. The van der Waals surface area contributed by atoms with Gasteiger partial charge >= 0.3 is 10.1 Å². The molecule has 0 bridgehead atoms. The molecule has 3 aromatic rings. The van der Waals surface area contributed by atoms with Gasteiger partial charge in [-0.3, -0.25) is 4.79 Å². The number of ether oxygens (including phenoxy) is 2. The molecular weight excluding hydrogens is 476 g/mol. The summed E-state index contributed by atoms with van der Waals surface area (Å²) in [5.41, 5.74) is 1.01. The molecule has 1 saturated heterocycles. The van der Waals surface area contributed by atoms with Crippen LogP contribution in [0.1, 0.15) is 5.56 Å². The maximum Gasteiger partial charge on any atom is 0.339 e. The number of carbonyl (C=O) groups excluding carboxylic acids is 1. The number of rotatable bonds is 7. The third-order valence-electron chi connectivity index (χ3n) is 4.69. The van der Waals surface area contributed by atoms with Crippen LogP contribution in [-0.4, -0.2) is 33.7 Å². The van der Waals surface area contributed by atoms with E-state index >= 15 is 0 Å². The molecule has 0 atom stereocenters. The molecule has 174 valence electrons.